The van der Waals surface area contributed by atoms with Gasteiger partial charge in [0.25, 0.3) is 11.6 Å². The van der Waals surface area contributed by atoms with Crippen LogP contribution in [-0.2, 0) is 16.1 Å². The molecule has 34 heavy (non-hydrogen) atoms. The van der Waals surface area contributed by atoms with Gasteiger partial charge >= 0.3 is 11.9 Å². The minimum absolute atomic E-state index is 0.0177. The molecule has 11 nitrogen and oxygen atoms in total. The molecule has 3 rings (SSSR count). The molecule has 0 spiro atoms. The molecule has 0 bridgehead atoms. The van der Waals surface area contributed by atoms with Crippen LogP contribution >= 0.6 is 0 Å². The summed E-state index contributed by atoms with van der Waals surface area (Å²) in [6.07, 6.45) is 0. The van der Waals surface area contributed by atoms with Gasteiger partial charge in [-0.05, 0) is 49.4 Å². The Labute approximate surface area is 193 Å². The third-order valence-corrected chi connectivity index (χ3v) is 4.66. The average Bonchev–Trinajstić information content (AvgIpc) is 3.30. The number of hydrogen-bond donors (Lipinski definition) is 1. The minimum atomic E-state index is -0.694. The number of esters is 2. The van der Waals surface area contributed by atoms with E-state index in [0.29, 0.717) is 17.1 Å². The molecule has 0 saturated heterocycles. The fourth-order valence-electron chi connectivity index (χ4n) is 3.02. The van der Waals surface area contributed by atoms with Crippen molar-refractivity contribution >= 4 is 29.2 Å². The van der Waals surface area contributed by atoms with E-state index < -0.39 is 22.8 Å². The normalized spacial score (nSPS) is 10.3. The summed E-state index contributed by atoms with van der Waals surface area (Å²) in [7, 11) is 2.38. The number of nitro groups is 1. The van der Waals surface area contributed by atoms with Crippen molar-refractivity contribution in [1.29, 1.82) is 0 Å². The second-order valence-electron chi connectivity index (χ2n) is 7.00. The molecule has 0 aliphatic rings. The number of aryl methyl sites for hydroxylation is 1. The molecule has 1 heterocycles. The highest BCUT2D eigenvalue weighted by Crippen LogP contribution is 2.24. The van der Waals surface area contributed by atoms with E-state index in [1.807, 2.05) is 0 Å². The van der Waals surface area contributed by atoms with E-state index in [2.05, 4.69) is 14.8 Å². The number of carbonyl (C=O) groups is 3. The third kappa shape index (κ3) is 5.57. The Balaban J connectivity index is 1.71. The minimum Gasteiger partial charge on any atom is -0.486 e. The number of ether oxygens (including phenoxy) is 3. The lowest BCUT2D eigenvalue weighted by Crippen LogP contribution is -2.13. The molecular weight excluding hydrogens is 448 g/mol. The number of furan rings is 1. The largest absolute Gasteiger partial charge is 0.486 e. The fourth-order valence-corrected chi connectivity index (χ4v) is 3.02. The van der Waals surface area contributed by atoms with E-state index >= 15 is 0 Å². The lowest BCUT2D eigenvalue weighted by Gasteiger charge is -2.09. The third-order valence-electron chi connectivity index (χ3n) is 4.66. The molecule has 0 atom stereocenters. The summed E-state index contributed by atoms with van der Waals surface area (Å²) in [4.78, 5) is 46.8. The Bertz CT molecular complexity index is 1230. The topological polar surface area (TPSA) is 147 Å². The lowest BCUT2D eigenvalue weighted by atomic mass is 10.1. The molecule has 1 N–H and O–H groups in total. The van der Waals surface area contributed by atoms with Crippen LogP contribution in [0.1, 0.15) is 42.6 Å². The number of carbonyl (C=O) groups excluding carboxylic acids is 3. The number of amides is 1. The van der Waals surface area contributed by atoms with Gasteiger partial charge in [-0.2, -0.15) is 0 Å². The van der Waals surface area contributed by atoms with Gasteiger partial charge in [0.2, 0.25) is 0 Å². The molecule has 1 amide bonds. The Morgan fingerprint density at radius 2 is 1.62 bits per heavy atom. The summed E-state index contributed by atoms with van der Waals surface area (Å²) in [6, 6.07) is 11.3. The van der Waals surface area contributed by atoms with Gasteiger partial charge in [-0.15, -0.1) is 0 Å². The number of nitrogens with zero attached hydrogens (tertiary/aromatic N) is 1. The van der Waals surface area contributed by atoms with Crippen LogP contribution in [0.5, 0.6) is 5.75 Å². The van der Waals surface area contributed by atoms with Crippen molar-refractivity contribution in [3.8, 4) is 5.75 Å². The summed E-state index contributed by atoms with van der Waals surface area (Å²) in [5, 5.41) is 13.5. The number of methoxy groups -OCH3 is 2. The monoisotopic (exact) mass is 468 g/mol. The van der Waals surface area contributed by atoms with Gasteiger partial charge in [0.05, 0.1) is 30.3 Å². The first-order chi connectivity index (χ1) is 16.2. The zero-order valence-corrected chi connectivity index (χ0v) is 18.4. The van der Waals surface area contributed by atoms with Crippen molar-refractivity contribution in [3.05, 3.63) is 86.9 Å². The fraction of sp³-hybridized carbons (Fsp3) is 0.174. The molecule has 11 heteroatoms. The maximum atomic E-state index is 12.6. The smallest absolute Gasteiger partial charge is 0.337 e. The Hall–Kier alpha value is -4.67. The molecule has 0 unspecified atom stereocenters. The zero-order valence-electron chi connectivity index (χ0n) is 18.4. The van der Waals surface area contributed by atoms with Crippen molar-refractivity contribution in [2.45, 2.75) is 13.5 Å². The van der Waals surface area contributed by atoms with Crippen LogP contribution in [0.4, 0.5) is 11.4 Å². The van der Waals surface area contributed by atoms with E-state index in [4.69, 9.17) is 9.15 Å². The van der Waals surface area contributed by atoms with Crippen LogP contribution < -0.4 is 10.1 Å². The first kappa shape index (κ1) is 24.0. The van der Waals surface area contributed by atoms with Crippen molar-refractivity contribution in [2.24, 2.45) is 0 Å². The van der Waals surface area contributed by atoms with Gasteiger partial charge in [0.15, 0.2) is 5.76 Å². The Morgan fingerprint density at radius 3 is 2.18 bits per heavy atom. The highest BCUT2D eigenvalue weighted by Gasteiger charge is 2.17. The van der Waals surface area contributed by atoms with Gasteiger partial charge in [-0.3, -0.25) is 14.9 Å². The van der Waals surface area contributed by atoms with Crippen molar-refractivity contribution in [1.82, 2.24) is 0 Å². The SMILES string of the molecule is COC(=O)c1cc(NC(=O)c2ccc(COc3ccc([N+](=O)[O-])c(C)c3)o2)cc(C(=O)OC)c1. The quantitative estimate of drug-likeness (QED) is 0.295. The van der Waals surface area contributed by atoms with E-state index in [0.717, 1.165) is 0 Å². The zero-order chi connectivity index (χ0) is 24.8. The molecule has 3 aromatic rings. The second-order valence-corrected chi connectivity index (χ2v) is 7.00. The first-order valence-corrected chi connectivity index (χ1v) is 9.81. The van der Waals surface area contributed by atoms with Crippen LogP contribution in [-0.4, -0.2) is 37.0 Å². The number of hydrogen-bond acceptors (Lipinski definition) is 9. The predicted octanol–water partition coefficient (Wildman–Crippen LogP) is 3.90. The average molecular weight is 468 g/mol. The van der Waals surface area contributed by atoms with E-state index in [9.17, 15) is 24.5 Å². The lowest BCUT2D eigenvalue weighted by molar-refractivity contribution is -0.385. The molecule has 0 radical (unpaired) electrons. The number of anilines is 1. The molecular formula is C23H20N2O9. The maximum Gasteiger partial charge on any atom is 0.337 e. The van der Waals surface area contributed by atoms with Crippen molar-refractivity contribution in [3.63, 3.8) is 0 Å². The summed E-state index contributed by atoms with van der Waals surface area (Å²) in [5.41, 5.74) is 0.683. The van der Waals surface area contributed by atoms with Gasteiger partial charge in [-0.1, -0.05) is 0 Å². The number of benzene rings is 2. The molecule has 176 valence electrons. The van der Waals surface area contributed by atoms with Gasteiger partial charge in [0.1, 0.15) is 18.1 Å². The molecule has 0 aliphatic carbocycles. The van der Waals surface area contributed by atoms with Crippen LogP contribution in [0.3, 0.4) is 0 Å². The molecule has 2 aromatic carbocycles. The maximum absolute atomic E-state index is 12.6. The predicted molar refractivity (Wildman–Crippen MR) is 118 cm³/mol. The Kier molecular flexibility index (Phi) is 7.26. The van der Waals surface area contributed by atoms with Crippen LogP contribution in [0, 0.1) is 17.0 Å². The van der Waals surface area contributed by atoms with Gasteiger partial charge < -0.3 is 23.9 Å². The Morgan fingerprint density at radius 1 is 0.971 bits per heavy atom. The van der Waals surface area contributed by atoms with Crippen molar-refractivity contribution in [2.75, 3.05) is 19.5 Å². The second kappa shape index (κ2) is 10.3. The van der Waals surface area contributed by atoms with E-state index in [1.165, 1.54) is 62.8 Å². The summed E-state index contributed by atoms with van der Waals surface area (Å²) >= 11 is 0. The van der Waals surface area contributed by atoms with E-state index in [-0.39, 0.29) is 34.9 Å². The first-order valence-electron chi connectivity index (χ1n) is 9.81. The molecule has 1 aromatic heterocycles. The summed E-state index contributed by atoms with van der Waals surface area (Å²) < 4.78 is 20.4. The summed E-state index contributed by atoms with van der Waals surface area (Å²) in [6.45, 7) is 1.58. The highest BCUT2D eigenvalue weighted by atomic mass is 16.6. The standard InChI is InChI=1S/C23H20N2O9/c1-13-8-17(4-6-19(13)25(29)30)33-12-18-5-7-20(34-18)21(26)24-16-10-14(22(27)31-2)9-15(11-16)23(28)32-3/h4-11H,12H2,1-3H3,(H,24,26). The highest BCUT2D eigenvalue weighted by molar-refractivity contribution is 6.04. The van der Waals surface area contributed by atoms with Crippen LogP contribution in [0.15, 0.2) is 52.9 Å². The molecule has 0 saturated carbocycles. The van der Waals surface area contributed by atoms with E-state index in [1.54, 1.807) is 6.92 Å². The molecule has 0 aliphatic heterocycles. The van der Waals surface area contributed by atoms with Crippen LogP contribution in [0.2, 0.25) is 0 Å². The number of nitro benzene ring substituents is 1. The van der Waals surface area contributed by atoms with Crippen LogP contribution in [0.25, 0.3) is 0 Å². The number of nitrogens with one attached hydrogen (secondary N) is 1. The van der Waals surface area contributed by atoms with Gasteiger partial charge in [0, 0.05) is 17.3 Å². The molecule has 0 fully saturated rings. The summed E-state index contributed by atoms with van der Waals surface area (Å²) in [5.74, 6) is -1.32. The number of rotatable bonds is 8. The van der Waals surface area contributed by atoms with Crippen molar-refractivity contribution < 1.29 is 37.9 Å². The van der Waals surface area contributed by atoms with Gasteiger partial charge in [-0.25, -0.2) is 9.59 Å².